The quantitative estimate of drug-likeness (QED) is 0.495. The highest BCUT2D eigenvalue weighted by atomic mass is 14.3. The van der Waals surface area contributed by atoms with Gasteiger partial charge in [-0.3, -0.25) is 0 Å². The second-order valence-electron chi connectivity index (χ2n) is 3.92. The average Bonchev–Trinajstić information content (AvgIpc) is 2.06. The predicted molar refractivity (Wildman–Crippen MR) is 48.3 cm³/mol. The molecular weight excluding hydrogens is 132 g/mol. The summed E-state index contributed by atoms with van der Waals surface area (Å²) in [6.45, 7) is 2.39. The van der Waals surface area contributed by atoms with Crippen molar-refractivity contribution in [1.82, 2.24) is 0 Å². The molecule has 2 rings (SSSR count). The van der Waals surface area contributed by atoms with E-state index in [0.29, 0.717) is 0 Å². The molecule has 0 aromatic carbocycles. The van der Waals surface area contributed by atoms with Crippen LogP contribution < -0.4 is 0 Å². The molecule has 0 N–H and O–H groups in total. The summed E-state index contributed by atoms with van der Waals surface area (Å²) in [6.07, 6.45) is 13.5. The first-order chi connectivity index (χ1) is 5.38. The van der Waals surface area contributed by atoms with Crippen molar-refractivity contribution in [2.24, 2.45) is 17.8 Å². The van der Waals surface area contributed by atoms with E-state index < -0.39 is 0 Å². The van der Waals surface area contributed by atoms with Crippen LogP contribution in [-0.2, 0) is 0 Å². The Hall–Kier alpha value is -0.520. The minimum absolute atomic E-state index is 0.855. The van der Waals surface area contributed by atoms with Gasteiger partial charge in [0, 0.05) is 0 Å². The van der Waals surface area contributed by atoms with E-state index in [2.05, 4.69) is 31.2 Å². The Morgan fingerprint density at radius 2 is 1.91 bits per heavy atom. The molecule has 0 aliphatic heterocycles. The highest BCUT2D eigenvalue weighted by molar-refractivity contribution is 5.15. The maximum Gasteiger partial charge on any atom is -0.0142 e. The molecule has 1 saturated carbocycles. The van der Waals surface area contributed by atoms with Crippen LogP contribution in [-0.4, -0.2) is 0 Å². The molecule has 0 nitrogen and oxygen atoms in total. The van der Waals surface area contributed by atoms with Crippen LogP contribution in [0.15, 0.2) is 24.3 Å². The molecule has 0 saturated heterocycles. The van der Waals surface area contributed by atoms with Gasteiger partial charge in [0.25, 0.3) is 0 Å². The molecule has 0 aromatic rings. The summed E-state index contributed by atoms with van der Waals surface area (Å²) in [6, 6.07) is 0. The van der Waals surface area contributed by atoms with Gasteiger partial charge in [-0.1, -0.05) is 44.1 Å². The average molecular weight is 148 g/mol. The Morgan fingerprint density at radius 1 is 1.09 bits per heavy atom. The molecule has 2 aliphatic carbocycles. The van der Waals surface area contributed by atoms with E-state index in [-0.39, 0.29) is 0 Å². The second-order valence-corrected chi connectivity index (χ2v) is 3.92. The van der Waals surface area contributed by atoms with E-state index in [0.717, 1.165) is 17.8 Å². The Balaban J connectivity index is 2.14. The van der Waals surface area contributed by atoms with Crippen LogP contribution in [0, 0.1) is 17.8 Å². The minimum Gasteiger partial charge on any atom is -0.0808 e. The summed E-state index contributed by atoms with van der Waals surface area (Å²) in [4.78, 5) is 0. The molecule has 1 fully saturated rings. The minimum atomic E-state index is 0.855. The van der Waals surface area contributed by atoms with Crippen molar-refractivity contribution in [3.8, 4) is 0 Å². The number of allylic oxidation sites excluding steroid dienone is 4. The standard InChI is InChI=1S/C11H16/c1-9-5-4-7-10-6-2-3-8-11(9)10/h2-3,6,8-11H,4-5,7H2,1H3. The third kappa shape index (κ3) is 1.26. The van der Waals surface area contributed by atoms with Crippen molar-refractivity contribution in [2.75, 3.05) is 0 Å². The lowest BCUT2D eigenvalue weighted by atomic mass is 9.71. The molecule has 2 aliphatic rings. The molecule has 0 spiro atoms. The second kappa shape index (κ2) is 2.84. The molecular formula is C11H16. The summed E-state index contributed by atoms with van der Waals surface area (Å²) in [5.74, 6) is 2.63. The highest BCUT2D eigenvalue weighted by Crippen LogP contribution is 2.37. The number of rotatable bonds is 0. The van der Waals surface area contributed by atoms with Crippen molar-refractivity contribution in [2.45, 2.75) is 26.2 Å². The fourth-order valence-electron chi connectivity index (χ4n) is 2.44. The largest absolute Gasteiger partial charge is 0.0808 e. The monoisotopic (exact) mass is 148 g/mol. The van der Waals surface area contributed by atoms with Gasteiger partial charge in [0.05, 0.1) is 0 Å². The molecule has 0 heteroatoms. The zero-order chi connectivity index (χ0) is 7.68. The Labute approximate surface area is 69.0 Å². The first kappa shape index (κ1) is 7.15. The fourth-order valence-corrected chi connectivity index (χ4v) is 2.44. The predicted octanol–water partition coefficient (Wildman–Crippen LogP) is 3.16. The summed E-state index contributed by atoms with van der Waals surface area (Å²) in [5.41, 5.74) is 0. The number of hydrogen-bond donors (Lipinski definition) is 0. The van der Waals surface area contributed by atoms with Crippen molar-refractivity contribution < 1.29 is 0 Å². The van der Waals surface area contributed by atoms with Crippen LogP contribution in [0.25, 0.3) is 0 Å². The van der Waals surface area contributed by atoms with Crippen LogP contribution in [0.2, 0.25) is 0 Å². The SMILES string of the molecule is CC1CCCC2C=CC=CC12. The molecule has 0 heterocycles. The van der Waals surface area contributed by atoms with E-state index in [4.69, 9.17) is 0 Å². The molecule has 60 valence electrons. The zero-order valence-electron chi connectivity index (χ0n) is 7.16. The Morgan fingerprint density at radius 3 is 2.73 bits per heavy atom. The van der Waals surface area contributed by atoms with Gasteiger partial charge in [0.1, 0.15) is 0 Å². The summed E-state index contributed by atoms with van der Waals surface area (Å²) in [5, 5.41) is 0. The molecule has 0 amide bonds. The Kier molecular flexibility index (Phi) is 1.85. The fraction of sp³-hybridized carbons (Fsp3) is 0.636. The molecule has 0 radical (unpaired) electrons. The van der Waals surface area contributed by atoms with Gasteiger partial charge >= 0.3 is 0 Å². The molecule has 3 atom stereocenters. The third-order valence-electron chi connectivity index (χ3n) is 3.15. The van der Waals surface area contributed by atoms with Gasteiger partial charge in [-0.25, -0.2) is 0 Å². The lowest BCUT2D eigenvalue weighted by molar-refractivity contribution is 0.245. The van der Waals surface area contributed by atoms with E-state index >= 15 is 0 Å². The lowest BCUT2D eigenvalue weighted by Gasteiger charge is -2.34. The van der Waals surface area contributed by atoms with E-state index in [1.54, 1.807) is 0 Å². The van der Waals surface area contributed by atoms with Crippen molar-refractivity contribution >= 4 is 0 Å². The van der Waals surface area contributed by atoms with E-state index in [1.165, 1.54) is 19.3 Å². The first-order valence-electron chi connectivity index (χ1n) is 4.73. The van der Waals surface area contributed by atoms with Crippen LogP contribution in [0.3, 0.4) is 0 Å². The maximum absolute atomic E-state index is 2.40. The van der Waals surface area contributed by atoms with Crippen LogP contribution >= 0.6 is 0 Å². The van der Waals surface area contributed by atoms with Gasteiger partial charge in [-0.05, 0) is 24.2 Å². The highest BCUT2D eigenvalue weighted by Gasteiger charge is 2.27. The topological polar surface area (TPSA) is 0 Å². The summed E-state index contributed by atoms with van der Waals surface area (Å²) >= 11 is 0. The summed E-state index contributed by atoms with van der Waals surface area (Å²) < 4.78 is 0. The smallest absolute Gasteiger partial charge is 0.0142 e. The normalized spacial score (nSPS) is 42.1. The first-order valence-corrected chi connectivity index (χ1v) is 4.73. The third-order valence-corrected chi connectivity index (χ3v) is 3.15. The number of hydrogen-bond acceptors (Lipinski definition) is 0. The van der Waals surface area contributed by atoms with Crippen LogP contribution in [0.1, 0.15) is 26.2 Å². The van der Waals surface area contributed by atoms with E-state index in [9.17, 15) is 0 Å². The molecule has 0 aromatic heterocycles. The summed E-state index contributed by atoms with van der Waals surface area (Å²) in [7, 11) is 0. The van der Waals surface area contributed by atoms with Crippen molar-refractivity contribution in [3.05, 3.63) is 24.3 Å². The zero-order valence-corrected chi connectivity index (χ0v) is 7.16. The maximum atomic E-state index is 2.40. The molecule has 11 heavy (non-hydrogen) atoms. The van der Waals surface area contributed by atoms with Gasteiger partial charge < -0.3 is 0 Å². The van der Waals surface area contributed by atoms with Gasteiger partial charge in [-0.15, -0.1) is 0 Å². The lowest BCUT2D eigenvalue weighted by Crippen LogP contribution is -2.24. The van der Waals surface area contributed by atoms with Crippen LogP contribution in [0.5, 0.6) is 0 Å². The van der Waals surface area contributed by atoms with Crippen molar-refractivity contribution in [1.29, 1.82) is 0 Å². The van der Waals surface area contributed by atoms with Gasteiger partial charge in [0.2, 0.25) is 0 Å². The Bertz CT molecular complexity index is 188. The van der Waals surface area contributed by atoms with Gasteiger partial charge in [0.15, 0.2) is 0 Å². The number of fused-ring (bicyclic) bond motifs is 1. The molecule has 0 bridgehead atoms. The van der Waals surface area contributed by atoms with Crippen molar-refractivity contribution in [3.63, 3.8) is 0 Å². The van der Waals surface area contributed by atoms with Crippen LogP contribution in [0.4, 0.5) is 0 Å². The van der Waals surface area contributed by atoms with Gasteiger partial charge in [-0.2, -0.15) is 0 Å². The molecule has 3 unspecified atom stereocenters. The van der Waals surface area contributed by atoms with E-state index in [1.807, 2.05) is 0 Å².